The van der Waals surface area contributed by atoms with Crippen LogP contribution in [-0.4, -0.2) is 12.1 Å². The van der Waals surface area contributed by atoms with Crippen molar-refractivity contribution in [2.75, 3.05) is 0 Å². The molecule has 0 aliphatic carbocycles. The number of Topliss-reactive ketones (excluding diaryl/α,β-unsaturated/α-hetero) is 1. The van der Waals surface area contributed by atoms with Crippen LogP contribution < -0.4 is 4.74 Å². The highest BCUT2D eigenvalue weighted by Gasteiger charge is 2.31. The monoisotopic (exact) mass is 331 g/mol. The summed E-state index contributed by atoms with van der Waals surface area (Å²) in [5.74, 6) is -1.00. The first kappa shape index (κ1) is 17.3. The molecule has 6 heteroatoms. The molecular weight excluding hydrogens is 319 g/mol. The van der Waals surface area contributed by atoms with Crippen LogP contribution in [0.3, 0.4) is 0 Å². The molecule has 0 spiro atoms. The van der Waals surface area contributed by atoms with E-state index in [-0.39, 0.29) is 11.1 Å². The molecule has 2 aromatic carbocycles. The molecule has 0 aliphatic rings. The van der Waals surface area contributed by atoms with Gasteiger partial charge in [0.2, 0.25) is 5.78 Å². The smallest absolute Gasteiger partial charge is 0.406 e. The number of nitrogens with zero attached hydrogens (tertiary/aromatic N) is 1. The first-order valence-corrected chi connectivity index (χ1v) is 6.87. The Labute approximate surface area is 136 Å². The Kier molecular flexibility index (Phi) is 5.05. The molecule has 3 nitrogen and oxygen atoms in total. The first-order chi connectivity index (χ1) is 11.3. The van der Waals surface area contributed by atoms with Gasteiger partial charge < -0.3 is 4.74 Å². The number of carbonyl (C=O) groups is 1. The molecule has 0 N–H and O–H groups in total. The molecule has 0 aliphatic heterocycles. The van der Waals surface area contributed by atoms with E-state index in [1.807, 2.05) is 25.1 Å². The third-order valence-electron chi connectivity index (χ3n) is 3.10. The average molecular weight is 331 g/mol. The lowest BCUT2D eigenvalue weighted by Gasteiger charge is -2.08. The molecule has 0 unspecified atom stereocenters. The largest absolute Gasteiger partial charge is 0.573 e. The maximum atomic E-state index is 12.3. The zero-order chi connectivity index (χ0) is 17.7. The van der Waals surface area contributed by atoms with Crippen molar-refractivity contribution in [1.82, 2.24) is 0 Å². The van der Waals surface area contributed by atoms with Crippen LogP contribution in [0.15, 0.2) is 54.1 Å². The van der Waals surface area contributed by atoms with E-state index in [1.54, 1.807) is 12.1 Å². The van der Waals surface area contributed by atoms with Gasteiger partial charge in [0.1, 0.15) is 17.4 Å². The van der Waals surface area contributed by atoms with Crippen molar-refractivity contribution in [3.05, 3.63) is 70.8 Å². The summed E-state index contributed by atoms with van der Waals surface area (Å²) < 4.78 is 40.1. The molecule has 0 saturated carbocycles. The fourth-order valence-electron chi connectivity index (χ4n) is 1.94. The van der Waals surface area contributed by atoms with E-state index in [9.17, 15) is 18.0 Å². The quantitative estimate of drug-likeness (QED) is 0.464. The van der Waals surface area contributed by atoms with Crippen molar-refractivity contribution in [3.8, 4) is 11.8 Å². The van der Waals surface area contributed by atoms with Crippen LogP contribution in [0.25, 0.3) is 6.08 Å². The number of carbonyl (C=O) groups excluding carboxylic acids is 1. The van der Waals surface area contributed by atoms with Gasteiger partial charge in [-0.25, -0.2) is 0 Å². The molecule has 0 bridgehead atoms. The SMILES string of the molecule is Cc1ccc(/C=C(\C#N)C(=O)c2ccc(OC(F)(F)F)cc2)cc1. The standard InChI is InChI=1S/C18H12F3NO2/c1-12-2-4-13(5-3-12)10-15(11-22)17(23)14-6-8-16(9-7-14)24-18(19,20)21/h2-10H,1H3/b15-10+. The Morgan fingerprint density at radius 2 is 1.67 bits per heavy atom. The summed E-state index contributed by atoms with van der Waals surface area (Å²) >= 11 is 0. The number of hydrogen-bond donors (Lipinski definition) is 0. The van der Waals surface area contributed by atoms with Gasteiger partial charge in [-0.1, -0.05) is 29.8 Å². The third kappa shape index (κ3) is 4.71. The molecule has 122 valence electrons. The molecular formula is C18H12F3NO2. The summed E-state index contributed by atoms with van der Waals surface area (Å²) in [6, 6.07) is 13.5. The van der Waals surface area contributed by atoms with Gasteiger partial charge in [0.05, 0.1) is 0 Å². The molecule has 2 aromatic rings. The van der Waals surface area contributed by atoms with Gasteiger partial charge >= 0.3 is 6.36 Å². The number of hydrogen-bond acceptors (Lipinski definition) is 3. The highest BCUT2D eigenvalue weighted by atomic mass is 19.4. The predicted octanol–water partition coefficient (Wildman–Crippen LogP) is 4.68. The van der Waals surface area contributed by atoms with Crippen LogP contribution in [0, 0.1) is 18.3 Å². The topological polar surface area (TPSA) is 50.1 Å². The maximum absolute atomic E-state index is 12.3. The number of benzene rings is 2. The zero-order valence-electron chi connectivity index (χ0n) is 12.6. The van der Waals surface area contributed by atoms with E-state index < -0.39 is 17.9 Å². The summed E-state index contributed by atoms with van der Waals surface area (Å²) in [7, 11) is 0. The van der Waals surface area contributed by atoms with Crippen molar-refractivity contribution in [1.29, 1.82) is 5.26 Å². The number of ether oxygens (including phenoxy) is 1. The number of rotatable bonds is 4. The summed E-state index contributed by atoms with van der Waals surface area (Å²) in [4.78, 5) is 12.3. The zero-order valence-corrected chi connectivity index (χ0v) is 12.6. The minimum atomic E-state index is -4.80. The van der Waals surface area contributed by atoms with Gasteiger partial charge in [-0.3, -0.25) is 4.79 Å². The van der Waals surface area contributed by atoms with E-state index in [2.05, 4.69) is 4.74 Å². The minimum absolute atomic E-state index is 0.101. The van der Waals surface area contributed by atoms with Crippen LogP contribution in [0.5, 0.6) is 5.75 Å². The van der Waals surface area contributed by atoms with E-state index in [1.165, 1.54) is 18.2 Å². The lowest BCUT2D eigenvalue weighted by atomic mass is 10.0. The number of allylic oxidation sites excluding steroid dienone is 1. The highest BCUT2D eigenvalue weighted by molar-refractivity contribution is 6.14. The van der Waals surface area contributed by atoms with Gasteiger partial charge in [0.15, 0.2) is 0 Å². The van der Waals surface area contributed by atoms with E-state index in [0.717, 1.165) is 17.7 Å². The molecule has 2 rings (SSSR count). The van der Waals surface area contributed by atoms with E-state index >= 15 is 0 Å². The van der Waals surface area contributed by atoms with Crippen molar-refractivity contribution in [3.63, 3.8) is 0 Å². The summed E-state index contributed by atoms with van der Waals surface area (Å²) in [5.41, 5.74) is 1.72. The summed E-state index contributed by atoms with van der Waals surface area (Å²) in [5, 5.41) is 9.17. The van der Waals surface area contributed by atoms with Gasteiger partial charge in [-0.2, -0.15) is 5.26 Å². The van der Waals surface area contributed by atoms with Gasteiger partial charge in [-0.05, 0) is 42.8 Å². The fraction of sp³-hybridized carbons (Fsp3) is 0.111. The molecule has 0 radical (unpaired) electrons. The minimum Gasteiger partial charge on any atom is -0.406 e. The predicted molar refractivity (Wildman–Crippen MR) is 82.2 cm³/mol. The number of ketones is 1. The summed E-state index contributed by atoms with van der Waals surface area (Å²) in [6.07, 6.45) is -3.36. The lowest BCUT2D eigenvalue weighted by molar-refractivity contribution is -0.274. The molecule has 0 atom stereocenters. The molecule has 24 heavy (non-hydrogen) atoms. The number of aryl methyl sites for hydroxylation is 1. The first-order valence-electron chi connectivity index (χ1n) is 6.87. The van der Waals surface area contributed by atoms with Crippen molar-refractivity contribution in [2.45, 2.75) is 13.3 Å². The Hall–Kier alpha value is -3.07. The van der Waals surface area contributed by atoms with Crippen LogP contribution in [0.1, 0.15) is 21.5 Å². The van der Waals surface area contributed by atoms with Crippen LogP contribution in [0.2, 0.25) is 0 Å². The second-order valence-electron chi connectivity index (χ2n) is 4.98. The average Bonchev–Trinajstić information content (AvgIpc) is 2.53. The van der Waals surface area contributed by atoms with Crippen LogP contribution in [0.4, 0.5) is 13.2 Å². The third-order valence-corrected chi connectivity index (χ3v) is 3.10. The van der Waals surface area contributed by atoms with Crippen molar-refractivity contribution in [2.24, 2.45) is 0 Å². The van der Waals surface area contributed by atoms with Crippen molar-refractivity contribution >= 4 is 11.9 Å². The van der Waals surface area contributed by atoms with E-state index in [4.69, 9.17) is 5.26 Å². The number of halogens is 3. The van der Waals surface area contributed by atoms with Gasteiger partial charge in [0, 0.05) is 5.56 Å². The summed E-state index contributed by atoms with van der Waals surface area (Å²) in [6.45, 7) is 1.91. The molecule has 0 fully saturated rings. The number of nitriles is 1. The normalized spacial score (nSPS) is 11.7. The Balaban J connectivity index is 2.22. The molecule has 0 aromatic heterocycles. The Morgan fingerprint density at radius 3 is 2.17 bits per heavy atom. The molecule has 0 saturated heterocycles. The second kappa shape index (κ2) is 7.01. The highest BCUT2D eigenvalue weighted by Crippen LogP contribution is 2.23. The van der Waals surface area contributed by atoms with Crippen LogP contribution >= 0.6 is 0 Å². The molecule has 0 heterocycles. The maximum Gasteiger partial charge on any atom is 0.573 e. The Morgan fingerprint density at radius 1 is 1.08 bits per heavy atom. The van der Waals surface area contributed by atoms with Crippen LogP contribution in [-0.2, 0) is 0 Å². The lowest BCUT2D eigenvalue weighted by Crippen LogP contribution is -2.17. The van der Waals surface area contributed by atoms with E-state index in [0.29, 0.717) is 5.56 Å². The fourth-order valence-corrected chi connectivity index (χ4v) is 1.94. The van der Waals surface area contributed by atoms with Gasteiger partial charge in [0.25, 0.3) is 0 Å². The molecule has 0 amide bonds. The number of alkyl halides is 3. The second-order valence-corrected chi connectivity index (χ2v) is 4.98. The van der Waals surface area contributed by atoms with Crippen molar-refractivity contribution < 1.29 is 22.7 Å². The van der Waals surface area contributed by atoms with Gasteiger partial charge in [-0.15, -0.1) is 13.2 Å². The Bertz CT molecular complexity index is 798.